The van der Waals surface area contributed by atoms with Crippen molar-refractivity contribution in [2.24, 2.45) is 11.3 Å². The van der Waals surface area contributed by atoms with Crippen LogP contribution in [0.5, 0.6) is 0 Å². The third-order valence-corrected chi connectivity index (χ3v) is 7.80. The molecular weight excluding hydrogens is 515 g/mol. The zero-order chi connectivity index (χ0) is 27.7. The Kier molecular flexibility index (Phi) is 7.28. The third kappa shape index (κ3) is 5.72. The van der Waals surface area contributed by atoms with Gasteiger partial charge in [-0.15, -0.1) is 0 Å². The summed E-state index contributed by atoms with van der Waals surface area (Å²) in [7, 11) is 0. The summed E-state index contributed by atoms with van der Waals surface area (Å²) < 4.78 is 31.8. The predicted octanol–water partition coefficient (Wildman–Crippen LogP) is 4.02. The molecule has 3 fully saturated rings. The minimum absolute atomic E-state index is 0.0717. The SMILES string of the molecule is CC1(C(=O)NCC2CC2)COC(C)(c2nc(-c3ccc(F)cc3)c(-c3ccnc(NCC4CCCO4)n3)[nH]2)OC1. The van der Waals surface area contributed by atoms with Crippen LogP contribution in [-0.4, -0.2) is 64.9 Å². The van der Waals surface area contributed by atoms with Gasteiger partial charge in [-0.05, 0) is 75.8 Å². The van der Waals surface area contributed by atoms with E-state index in [4.69, 9.17) is 24.2 Å². The van der Waals surface area contributed by atoms with E-state index in [0.717, 1.165) is 32.3 Å². The number of hydrogen-bond donors (Lipinski definition) is 3. The van der Waals surface area contributed by atoms with Gasteiger partial charge in [0.1, 0.15) is 5.82 Å². The highest BCUT2D eigenvalue weighted by Gasteiger charge is 2.47. The van der Waals surface area contributed by atoms with Crippen molar-refractivity contribution in [3.05, 3.63) is 48.2 Å². The van der Waals surface area contributed by atoms with E-state index < -0.39 is 11.2 Å². The Balaban J connectivity index is 1.26. The van der Waals surface area contributed by atoms with Crippen molar-refractivity contribution in [3.8, 4) is 22.6 Å². The Morgan fingerprint density at radius 3 is 2.55 bits per heavy atom. The molecule has 1 saturated carbocycles. The van der Waals surface area contributed by atoms with Crippen molar-refractivity contribution < 1.29 is 23.4 Å². The number of imidazole rings is 1. The Morgan fingerprint density at radius 2 is 1.85 bits per heavy atom. The van der Waals surface area contributed by atoms with Crippen LogP contribution in [-0.2, 0) is 24.8 Å². The number of aromatic amines is 1. The van der Waals surface area contributed by atoms with Gasteiger partial charge in [-0.1, -0.05) is 0 Å². The second kappa shape index (κ2) is 10.9. The number of nitrogens with one attached hydrogen (secondary N) is 3. The van der Waals surface area contributed by atoms with Crippen LogP contribution in [0.3, 0.4) is 0 Å². The first-order chi connectivity index (χ1) is 19.3. The molecule has 1 unspecified atom stereocenters. The van der Waals surface area contributed by atoms with Crippen LogP contribution in [0.25, 0.3) is 22.6 Å². The minimum atomic E-state index is -1.22. The topological polar surface area (TPSA) is 123 Å². The van der Waals surface area contributed by atoms with Crippen LogP contribution in [0.2, 0.25) is 0 Å². The molecule has 1 aliphatic carbocycles. The number of rotatable bonds is 9. The van der Waals surface area contributed by atoms with Gasteiger partial charge in [-0.2, -0.15) is 0 Å². The summed E-state index contributed by atoms with van der Waals surface area (Å²) in [6.07, 6.45) is 6.21. The number of H-pyrrole nitrogens is 1. The molecule has 10 nitrogen and oxygen atoms in total. The average molecular weight is 551 g/mol. The molecule has 3 N–H and O–H groups in total. The lowest BCUT2D eigenvalue weighted by Crippen LogP contribution is -2.53. The smallest absolute Gasteiger partial charge is 0.230 e. The van der Waals surface area contributed by atoms with Gasteiger partial charge in [0.05, 0.1) is 41.8 Å². The quantitative estimate of drug-likeness (QED) is 0.365. The van der Waals surface area contributed by atoms with Crippen LogP contribution in [0.1, 0.15) is 45.4 Å². The van der Waals surface area contributed by atoms with Gasteiger partial charge in [0.2, 0.25) is 17.6 Å². The van der Waals surface area contributed by atoms with Crippen LogP contribution >= 0.6 is 0 Å². The largest absolute Gasteiger partial charge is 0.376 e. The van der Waals surface area contributed by atoms with Gasteiger partial charge in [0.15, 0.2) is 5.82 Å². The predicted molar refractivity (Wildman–Crippen MR) is 146 cm³/mol. The Labute approximate surface area is 232 Å². The fourth-order valence-electron chi connectivity index (χ4n) is 4.90. The summed E-state index contributed by atoms with van der Waals surface area (Å²) in [6.45, 7) is 6.06. The second-order valence-electron chi connectivity index (χ2n) is 11.3. The van der Waals surface area contributed by atoms with E-state index in [9.17, 15) is 9.18 Å². The lowest BCUT2D eigenvalue weighted by molar-refractivity contribution is -0.299. The first-order valence-electron chi connectivity index (χ1n) is 13.9. The molecule has 3 aliphatic rings. The van der Waals surface area contributed by atoms with E-state index in [2.05, 4.69) is 20.6 Å². The maximum atomic E-state index is 13.7. The molecule has 1 aromatic carbocycles. The van der Waals surface area contributed by atoms with Crippen molar-refractivity contribution in [2.45, 2.75) is 51.4 Å². The summed E-state index contributed by atoms with van der Waals surface area (Å²) in [5.41, 5.74) is 1.69. The average Bonchev–Trinajstić information content (AvgIpc) is 3.44. The number of amides is 1. The second-order valence-corrected chi connectivity index (χ2v) is 11.3. The summed E-state index contributed by atoms with van der Waals surface area (Å²) in [4.78, 5) is 30.2. The minimum Gasteiger partial charge on any atom is -0.376 e. The lowest BCUT2D eigenvalue weighted by atomic mass is 9.90. The first-order valence-corrected chi connectivity index (χ1v) is 13.9. The zero-order valence-corrected chi connectivity index (χ0v) is 22.8. The van der Waals surface area contributed by atoms with Crippen molar-refractivity contribution >= 4 is 11.9 Å². The van der Waals surface area contributed by atoms with E-state index in [-0.39, 0.29) is 31.0 Å². The number of ether oxygens (including phenoxy) is 3. The number of halogens is 1. The molecule has 212 valence electrons. The molecule has 2 aliphatic heterocycles. The van der Waals surface area contributed by atoms with Crippen molar-refractivity contribution in [1.29, 1.82) is 0 Å². The lowest BCUT2D eigenvalue weighted by Gasteiger charge is -2.41. The van der Waals surface area contributed by atoms with Gasteiger partial charge in [-0.25, -0.2) is 19.3 Å². The van der Waals surface area contributed by atoms with E-state index in [0.29, 0.717) is 53.4 Å². The highest BCUT2D eigenvalue weighted by Crippen LogP contribution is 2.39. The molecular formula is C29H35FN6O4. The highest BCUT2D eigenvalue weighted by atomic mass is 19.1. The fourth-order valence-corrected chi connectivity index (χ4v) is 4.90. The van der Waals surface area contributed by atoms with Gasteiger partial charge in [-0.3, -0.25) is 4.79 Å². The van der Waals surface area contributed by atoms with Crippen LogP contribution in [0.15, 0.2) is 36.5 Å². The maximum Gasteiger partial charge on any atom is 0.230 e. The molecule has 4 heterocycles. The number of anilines is 1. The summed E-state index contributed by atoms with van der Waals surface area (Å²) in [6, 6.07) is 7.91. The van der Waals surface area contributed by atoms with Gasteiger partial charge in [0, 0.05) is 31.5 Å². The monoisotopic (exact) mass is 550 g/mol. The molecule has 0 spiro atoms. The van der Waals surface area contributed by atoms with Crippen molar-refractivity contribution in [3.63, 3.8) is 0 Å². The van der Waals surface area contributed by atoms with E-state index in [1.165, 1.54) is 12.1 Å². The van der Waals surface area contributed by atoms with E-state index in [1.807, 2.05) is 6.92 Å². The molecule has 1 atom stereocenters. The van der Waals surface area contributed by atoms with Gasteiger partial charge < -0.3 is 29.8 Å². The standard InChI is InChI=1S/C29H35FN6O4/c1-28(26(37)32-14-18-5-6-18)16-39-29(2,40-17-28)25-35-23(19-7-9-20(30)10-8-19)24(36-25)22-11-12-31-27(34-22)33-15-21-4-3-13-38-21/h7-12,18,21H,3-6,13-17H2,1-2H3,(H,32,37)(H,35,36)(H,31,33,34). The number of benzene rings is 1. The Bertz CT molecular complexity index is 1340. The maximum absolute atomic E-state index is 13.7. The molecule has 1 amide bonds. The summed E-state index contributed by atoms with van der Waals surface area (Å²) >= 11 is 0. The van der Waals surface area contributed by atoms with E-state index >= 15 is 0 Å². The van der Waals surface area contributed by atoms with Crippen molar-refractivity contribution in [2.75, 3.05) is 38.2 Å². The number of carbonyl (C=O) groups is 1. The van der Waals surface area contributed by atoms with Crippen LogP contribution < -0.4 is 10.6 Å². The number of aromatic nitrogens is 4. The molecule has 0 radical (unpaired) electrons. The van der Waals surface area contributed by atoms with Gasteiger partial charge >= 0.3 is 0 Å². The number of hydrogen-bond acceptors (Lipinski definition) is 8. The molecule has 6 rings (SSSR count). The van der Waals surface area contributed by atoms with Crippen molar-refractivity contribution in [1.82, 2.24) is 25.3 Å². The number of carbonyl (C=O) groups excluding carboxylic acids is 1. The van der Waals surface area contributed by atoms with Crippen LogP contribution in [0, 0.1) is 17.2 Å². The van der Waals surface area contributed by atoms with E-state index in [1.54, 1.807) is 31.3 Å². The molecule has 2 aromatic heterocycles. The number of nitrogens with zero attached hydrogens (tertiary/aromatic N) is 3. The highest BCUT2D eigenvalue weighted by molar-refractivity contribution is 5.82. The summed E-state index contributed by atoms with van der Waals surface area (Å²) in [5.74, 6) is -0.153. The molecule has 11 heteroatoms. The summed E-state index contributed by atoms with van der Waals surface area (Å²) in [5, 5.41) is 6.30. The third-order valence-electron chi connectivity index (χ3n) is 7.80. The Morgan fingerprint density at radius 1 is 1.07 bits per heavy atom. The van der Waals surface area contributed by atoms with Crippen LogP contribution in [0.4, 0.5) is 10.3 Å². The fraction of sp³-hybridized carbons (Fsp3) is 0.517. The molecule has 40 heavy (non-hydrogen) atoms. The zero-order valence-electron chi connectivity index (χ0n) is 22.8. The van der Waals surface area contributed by atoms with Gasteiger partial charge in [0.25, 0.3) is 0 Å². The molecule has 2 saturated heterocycles. The molecule has 0 bridgehead atoms. The normalized spacial score (nSPS) is 26.5. The molecule has 3 aromatic rings. The first kappa shape index (κ1) is 26.8. The Hall–Kier alpha value is -3.41.